The Balaban J connectivity index is 2.22. The second kappa shape index (κ2) is 4.94. The molecule has 1 unspecified atom stereocenters. The molecule has 0 bridgehead atoms. The molecule has 0 spiro atoms. The standard InChI is InChI=1S/C8H13N3OS/c1-6(2-8(9)12)10-3-7-4-13-5-11-7/h4-6,10H,2-3H2,1H3,(H2,9,12). The molecule has 3 N–H and O–H groups in total. The van der Waals surface area contributed by atoms with Crippen molar-refractivity contribution in [3.8, 4) is 0 Å². The van der Waals surface area contributed by atoms with E-state index in [0.717, 1.165) is 5.69 Å². The molecule has 0 saturated heterocycles. The maximum absolute atomic E-state index is 10.5. The highest BCUT2D eigenvalue weighted by Crippen LogP contribution is 2.01. The highest BCUT2D eigenvalue weighted by atomic mass is 32.1. The lowest BCUT2D eigenvalue weighted by molar-refractivity contribution is -0.118. The van der Waals surface area contributed by atoms with Gasteiger partial charge in [0, 0.05) is 24.4 Å². The molecule has 0 fully saturated rings. The Morgan fingerprint density at radius 1 is 1.85 bits per heavy atom. The van der Waals surface area contributed by atoms with Crippen LogP contribution in [-0.4, -0.2) is 16.9 Å². The van der Waals surface area contributed by atoms with Crippen LogP contribution in [-0.2, 0) is 11.3 Å². The first-order valence-corrected chi connectivity index (χ1v) is 5.01. The van der Waals surface area contributed by atoms with Gasteiger partial charge in [0.15, 0.2) is 0 Å². The fraction of sp³-hybridized carbons (Fsp3) is 0.500. The summed E-state index contributed by atoms with van der Waals surface area (Å²) in [6.07, 6.45) is 0.365. The number of carbonyl (C=O) groups is 1. The third kappa shape index (κ3) is 4.00. The molecule has 0 saturated carbocycles. The number of primary amides is 1. The van der Waals surface area contributed by atoms with Gasteiger partial charge in [-0.3, -0.25) is 4.79 Å². The Morgan fingerprint density at radius 2 is 2.62 bits per heavy atom. The van der Waals surface area contributed by atoms with Crippen molar-refractivity contribution in [3.63, 3.8) is 0 Å². The first kappa shape index (κ1) is 10.1. The largest absolute Gasteiger partial charge is 0.370 e. The summed E-state index contributed by atoms with van der Waals surface area (Å²) in [5, 5.41) is 5.14. The van der Waals surface area contributed by atoms with Crippen molar-refractivity contribution in [1.82, 2.24) is 10.3 Å². The van der Waals surface area contributed by atoms with Crippen LogP contribution < -0.4 is 11.1 Å². The van der Waals surface area contributed by atoms with Crippen LogP contribution in [0.15, 0.2) is 10.9 Å². The van der Waals surface area contributed by atoms with Gasteiger partial charge in [0.25, 0.3) is 0 Å². The van der Waals surface area contributed by atoms with Gasteiger partial charge in [-0.2, -0.15) is 0 Å². The molecule has 0 aliphatic rings. The van der Waals surface area contributed by atoms with Gasteiger partial charge in [-0.05, 0) is 6.92 Å². The van der Waals surface area contributed by atoms with Gasteiger partial charge in [-0.1, -0.05) is 0 Å². The highest BCUT2D eigenvalue weighted by molar-refractivity contribution is 7.07. The topological polar surface area (TPSA) is 68.0 Å². The number of nitrogens with zero attached hydrogens (tertiary/aromatic N) is 1. The van der Waals surface area contributed by atoms with Gasteiger partial charge in [0.1, 0.15) is 0 Å². The summed E-state index contributed by atoms with van der Waals surface area (Å²) in [5.74, 6) is -0.279. The second-order valence-electron chi connectivity index (χ2n) is 2.93. The molecule has 1 aromatic heterocycles. The van der Waals surface area contributed by atoms with Gasteiger partial charge >= 0.3 is 0 Å². The molecule has 0 aliphatic carbocycles. The fourth-order valence-corrected chi connectivity index (χ4v) is 1.54. The molecule has 4 nitrogen and oxygen atoms in total. The Hall–Kier alpha value is -0.940. The van der Waals surface area contributed by atoms with Crippen LogP contribution in [0, 0.1) is 0 Å². The van der Waals surface area contributed by atoms with Crippen molar-refractivity contribution in [2.75, 3.05) is 0 Å². The smallest absolute Gasteiger partial charge is 0.218 e. The summed E-state index contributed by atoms with van der Waals surface area (Å²) >= 11 is 1.56. The molecular formula is C8H13N3OS. The summed E-state index contributed by atoms with van der Waals surface area (Å²) in [4.78, 5) is 14.6. The van der Waals surface area contributed by atoms with Crippen molar-refractivity contribution < 1.29 is 4.79 Å². The summed E-state index contributed by atoms with van der Waals surface area (Å²) in [6.45, 7) is 2.62. The molecule has 1 rings (SSSR count). The Labute approximate surface area is 81.2 Å². The Bertz CT molecular complexity index is 260. The number of thiazole rings is 1. The minimum atomic E-state index is -0.279. The Morgan fingerprint density at radius 3 is 3.15 bits per heavy atom. The lowest BCUT2D eigenvalue weighted by Gasteiger charge is -2.09. The SMILES string of the molecule is CC(CC(N)=O)NCc1cscn1. The molecular weight excluding hydrogens is 186 g/mol. The zero-order valence-electron chi connectivity index (χ0n) is 7.49. The maximum atomic E-state index is 10.5. The van der Waals surface area contributed by atoms with Crippen LogP contribution in [0.25, 0.3) is 0 Å². The number of amides is 1. The highest BCUT2D eigenvalue weighted by Gasteiger charge is 2.05. The van der Waals surface area contributed by atoms with Gasteiger partial charge in [-0.25, -0.2) is 4.98 Å². The van der Waals surface area contributed by atoms with Crippen molar-refractivity contribution in [2.45, 2.75) is 25.9 Å². The van der Waals surface area contributed by atoms with Crippen LogP contribution in [0.4, 0.5) is 0 Å². The molecule has 1 atom stereocenters. The summed E-state index contributed by atoms with van der Waals surface area (Å²) in [6, 6.07) is 0.110. The van der Waals surface area contributed by atoms with Crippen LogP contribution in [0.2, 0.25) is 0 Å². The number of nitrogens with two attached hydrogens (primary N) is 1. The molecule has 72 valence electrons. The van der Waals surface area contributed by atoms with Crippen molar-refractivity contribution >= 4 is 17.2 Å². The van der Waals surface area contributed by atoms with E-state index in [-0.39, 0.29) is 11.9 Å². The predicted molar refractivity (Wildman–Crippen MR) is 52.2 cm³/mol. The molecule has 0 aromatic carbocycles. The van der Waals surface area contributed by atoms with E-state index in [9.17, 15) is 4.79 Å². The van der Waals surface area contributed by atoms with Crippen LogP contribution in [0.5, 0.6) is 0 Å². The third-order valence-corrected chi connectivity index (χ3v) is 2.26. The van der Waals surface area contributed by atoms with E-state index in [2.05, 4.69) is 10.3 Å². The quantitative estimate of drug-likeness (QED) is 0.725. The predicted octanol–water partition coefficient (Wildman–Crippen LogP) is 0.497. The first-order chi connectivity index (χ1) is 6.18. The number of aromatic nitrogens is 1. The second-order valence-corrected chi connectivity index (χ2v) is 3.65. The zero-order valence-corrected chi connectivity index (χ0v) is 8.30. The molecule has 0 aliphatic heterocycles. The van der Waals surface area contributed by atoms with E-state index in [1.165, 1.54) is 0 Å². The number of hydrogen-bond donors (Lipinski definition) is 2. The van der Waals surface area contributed by atoms with E-state index in [4.69, 9.17) is 5.73 Å². The molecule has 1 amide bonds. The third-order valence-electron chi connectivity index (χ3n) is 1.62. The number of hydrogen-bond acceptors (Lipinski definition) is 4. The van der Waals surface area contributed by atoms with E-state index in [0.29, 0.717) is 13.0 Å². The summed E-state index contributed by atoms with van der Waals surface area (Å²) in [5.41, 5.74) is 7.84. The van der Waals surface area contributed by atoms with E-state index >= 15 is 0 Å². The van der Waals surface area contributed by atoms with Crippen LogP contribution in [0.1, 0.15) is 19.0 Å². The number of carbonyl (C=O) groups excluding carboxylic acids is 1. The summed E-state index contributed by atoms with van der Waals surface area (Å²) < 4.78 is 0. The normalized spacial score (nSPS) is 12.7. The lowest BCUT2D eigenvalue weighted by atomic mass is 10.2. The minimum absolute atomic E-state index is 0.110. The molecule has 0 radical (unpaired) electrons. The van der Waals surface area contributed by atoms with E-state index in [1.54, 1.807) is 16.8 Å². The average molecular weight is 199 g/mol. The van der Waals surface area contributed by atoms with Gasteiger partial charge in [0.05, 0.1) is 11.2 Å². The molecule has 13 heavy (non-hydrogen) atoms. The van der Waals surface area contributed by atoms with E-state index in [1.807, 2.05) is 12.3 Å². The fourth-order valence-electron chi connectivity index (χ4n) is 0.978. The molecule has 5 heteroatoms. The van der Waals surface area contributed by atoms with Gasteiger partial charge in [-0.15, -0.1) is 11.3 Å². The summed E-state index contributed by atoms with van der Waals surface area (Å²) in [7, 11) is 0. The number of nitrogens with one attached hydrogen (secondary N) is 1. The lowest BCUT2D eigenvalue weighted by Crippen LogP contribution is -2.30. The number of rotatable bonds is 5. The minimum Gasteiger partial charge on any atom is -0.370 e. The zero-order chi connectivity index (χ0) is 9.68. The van der Waals surface area contributed by atoms with Gasteiger partial charge in [0.2, 0.25) is 5.91 Å². The molecule has 1 aromatic rings. The first-order valence-electron chi connectivity index (χ1n) is 4.07. The monoisotopic (exact) mass is 199 g/mol. The maximum Gasteiger partial charge on any atom is 0.218 e. The Kier molecular flexibility index (Phi) is 3.85. The molecule has 1 heterocycles. The van der Waals surface area contributed by atoms with Crippen molar-refractivity contribution in [1.29, 1.82) is 0 Å². The van der Waals surface area contributed by atoms with Crippen LogP contribution >= 0.6 is 11.3 Å². The van der Waals surface area contributed by atoms with Crippen LogP contribution in [0.3, 0.4) is 0 Å². The van der Waals surface area contributed by atoms with E-state index < -0.39 is 0 Å². The van der Waals surface area contributed by atoms with Gasteiger partial charge < -0.3 is 11.1 Å². The average Bonchev–Trinajstić information content (AvgIpc) is 2.51. The van der Waals surface area contributed by atoms with Crippen molar-refractivity contribution in [3.05, 3.63) is 16.6 Å². The van der Waals surface area contributed by atoms with Crippen molar-refractivity contribution in [2.24, 2.45) is 5.73 Å².